The second-order valence-electron chi connectivity index (χ2n) is 8.29. The summed E-state index contributed by atoms with van der Waals surface area (Å²) in [6, 6.07) is 24.3. The van der Waals surface area contributed by atoms with E-state index in [-0.39, 0.29) is 17.7 Å². The van der Waals surface area contributed by atoms with Crippen LogP contribution in [-0.4, -0.2) is 5.78 Å². The van der Waals surface area contributed by atoms with Crippen LogP contribution < -0.4 is 10.6 Å². The van der Waals surface area contributed by atoms with E-state index in [0.29, 0.717) is 11.4 Å². The molecule has 3 aromatic rings. The number of rotatable bonds is 3. The molecule has 1 aliphatic carbocycles. The first-order chi connectivity index (χ1) is 15.1. The molecule has 0 amide bonds. The van der Waals surface area contributed by atoms with Gasteiger partial charge in [0.05, 0.1) is 17.4 Å². The van der Waals surface area contributed by atoms with Crippen molar-refractivity contribution < 1.29 is 4.79 Å². The average molecular weight is 429 g/mol. The highest BCUT2D eigenvalue weighted by atomic mass is 35.5. The molecule has 0 spiro atoms. The van der Waals surface area contributed by atoms with Gasteiger partial charge in [-0.3, -0.25) is 4.79 Å². The topological polar surface area (TPSA) is 41.1 Å². The van der Waals surface area contributed by atoms with Crippen molar-refractivity contribution in [1.82, 2.24) is 0 Å². The quantitative estimate of drug-likeness (QED) is 0.477. The number of Topliss-reactive ketones (excluding diaryl/α,β-unsaturated/α-hetero) is 1. The van der Waals surface area contributed by atoms with Crippen LogP contribution in [0, 0.1) is 0 Å². The van der Waals surface area contributed by atoms with E-state index in [1.54, 1.807) is 0 Å². The number of hydrogen-bond acceptors (Lipinski definition) is 3. The SMILES string of the molecule is CCc1ccc(C2CC(=O)C3=C(C2)Nc2ccccc2NC3c2ccccc2Cl)cc1. The molecule has 0 bridgehead atoms. The lowest BCUT2D eigenvalue weighted by Crippen LogP contribution is -2.27. The predicted octanol–water partition coefficient (Wildman–Crippen LogP) is 6.88. The van der Waals surface area contributed by atoms with Gasteiger partial charge < -0.3 is 10.6 Å². The summed E-state index contributed by atoms with van der Waals surface area (Å²) in [5.74, 6) is 0.338. The molecule has 0 aromatic heterocycles. The van der Waals surface area contributed by atoms with E-state index in [1.165, 1.54) is 11.1 Å². The van der Waals surface area contributed by atoms with E-state index in [1.807, 2.05) is 48.5 Å². The molecule has 0 radical (unpaired) electrons. The maximum Gasteiger partial charge on any atom is 0.163 e. The molecule has 0 fully saturated rings. The summed E-state index contributed by atoms with van der Waals surface area (Å²) in [5, 5.41) is 7.84. The molecule has 2 aliphatic rings. The smallest absolute Gasteiger partial charge is 0.163 e. The highest BCUT2D eigenvalue weighted by molar-refractivity contribution is 6.31. The number of allylic oxidation sites excluding steroid dienone is 1. The molecule has 0 saturated heterocycles. The number of carbonyl (C=O) groups is 1. The largest absolute Gasteiger partial charge is 0.372 e. The van der Waals surface area contributed by atoms with Crippen molar-refractivity contribution in [2.75, 3.05) is 10.6 Å². The molecule has 1 heterocycles. The summed E-state index contributed by atoms with van der Waals surface area (Å²) in [5.41, 5.74) is 7.20. The number of halogens is 1. The third-order valence-electron chi connectivity index (χ3n) is 6.38. The van der Waals surface area contributed by atoms with Gasteiger partial charge >= 0.3 is 0 Å². The van der Waals surface area contributed by atoms with Crippen LogP contribution in [0.2, 0.25) is 5.02 Å². The van der Waals surface area contributed by atoms with Crippen molar-refractivity contribution in [2.24, 2.45) is 0 Å². The number of nitrogens with one attached hydrogen (secondary N) is 2. The van der Waals surface area contributed by atoms with E-state index in [0.717, 1.165) is 41.1 Å². The van der Waals surface area contributed by atoms with Crippen molar-refractivity contribution in [3.63, 3.8) is 0 Å². The Bertz CT molecular complexity index is 1170. The first kappa shape index (κ1) is 19.9. The zero-order valence-electron chi connectivity index (χ0n) is 17.5. The average Bonchev–Trinajstić information content (AvgIpc) is 2.96. The molecular formula is C27H25ClN2O. The van der Waals surface area contributed by atoms with Crippen molar-refractivity contribution in [3.05, 3.63) is 106 Å². The molecule has 2 N–H and O–H groups in total. The van der Waals surface area contributed by atoms with Gasteiger partial charge in [-0.25, -0.2) is 0 Å². The standard InChI is InChI=1S/C27H25ClN2O/c1-2-17-11-13-18(14-12-17)19-15-24-26(25(31)16-19)27(20-7-3-4-8-21(20)28)30-23-10-6-5-9-22(23)29-24/h3-14,19,27,29-30H,2,15-16H2,1H3. The van der Waals surface area contributed by atoms with Gasteiger partial charge in [0.15, 0.2) is 5.78 Å². The molecule has 2 unspecified atom stereocenters. The number of benzene rings is 3. The Morgan fingerprint density at radius 2 is 1.61 bits per heavy atom. The van der Waals surface area contributed by atoms with E-state index in [2.05, 4.69) is 41.8 Å². The second-order valence-corrected chi connectivity index (χ2v) is 8.69. The van der Waals surface area contributed by atoms with Crippen LogP contribution in [0.15, 0.2) is 84.1 Å². The van der Waals surface area contributed by atoms with E-state index >= 15 is 0 Å². The molecule has 0 saturated carbocycles. The Balaban J connectivity index is 1.59. The number of carbonyl (C=O) groups excluding carboxylic acids is 1. The molecule has 3 nitrogen and oxygen atoms in total. The van der Waals surface area contributed by atoms with E-state index in [9.17, 15) is 4.79 Å². The lowest BCUT2D eigenvalue weighted by Gasteiger charge is -2.30. The highest BCUT2D eigenvalue weighted by Gasteiger charge is 2.36. The van der Waals surface area contributed by atoms with Gasteiger partial charge in [0, 0.05) is 22.7 Å². The molecule has 156 valence electrons. The fourth-order valence-electron chi connectivity index (χ4n) is 4.70. The van der Waals surface area contributed by atoms with Crippen LogP contribution >= 0.6 is 11.6 Å². The number of para-hydroxylation sites is 2. The Morgan fingerprint density at radius 1 is 0.903 bits per heavy atom. The van der Waals surface area contributed by atoms with Crippen LogP contribution in [0.25, 0.3) is 0 Å². The third kappa shape index (κ3) is 3.75. The van der Waals surface area contributed by atoms with E-state index in [4.69, 9.17) is 11.6 Å². The number of ketones is 1. The van der Waals surface area contributed by atoms with Gasteiger partial charge in [0.1, 0.15) is 0 Å². The number of aryl methyl sites for hydroxylation is 1. The fraction of sp³-hybridized carbons (Fsp3) is 0.222. The first-order valence-electron chi connectivity index (χ1n) is 10.9. The van der Waals surface area contributed by atoms with Crippen LogP contribution in [0.4, 0.5) is 11.4 Å². The number of anilines is 2. The lowest BCUT2D eigenvalue weighted by molar-refractivity contribution is -0.116. The number of hydrogen-bond donors (Lipinski definition) is 2. The molecule has 1 aliphatic heterocycles. The summed E-state index contributed by atoms with van der Waals surface area (Å²) >= 11 is 6.58. The van der Waals surface area contributed by atoms with Crippen molar-refractivity contribution in [3.8, 4) is 0 Å². The van der Waals surface area contributed by atoms with Crippen LogP contribution in [-0.2, 0) is 11.2 Å². The molecular weight excluding hydrogens is 404 g/mol. The zero-order chi connectivity index (χ0) is 21.4. The van der Waals surface area contributed by atoms with Gasteiger partial charge in [-0.1, -0.05) is 73.1 Å². The molecule has 4 heteroatoms. The van der Waals surface area contributed by atoms with Crippen molar-refractivity contribution in [2.45, 2.75) is 38.1 Å². The monoisotopic (exact) mass is 428 g/mol. The minimum atomic E-state index is -0.282. The molecule has 5 rings (SSSR count). The summed E-state index contributed by atoms with van der Waals surface area (Å²) < 4.78 is 0. The van der Waals surface area contributed by atoms with Crippen molar-refractivity contribution >= 4 is 28.8 Å². The zero-order valence-corrected chi connectivity index (χ0v) is 18.2. The van der Waals surface area contributed by atoms with Crippen LogP contribution in [0.3, 0.4) is 0 Å². The van der Waals surface area contributed by atoms with Crippen LogP contribution in [0.1, 0.15) is 48.4 Å². The van der Waals surface area contributed by atoms with Crippen LogP contribution in [0.5, 0.6) is 0 Å². The maximum atomic E-state index is 13.6. The Labute approximate surface area is 188 Å². The normalized spacial score (nSPS) is 20.3. The summed E-state index contributed by atoms with van der Waals surface area (Å²) in [7, 11) is 0. The summed E-state index contributed by atoms with van der Waals surface area (Å²) in [6.07, 6.45) is 2.32. The van der Waals surface area contributed by atoms with Gasteiger partial charge in [-0.2, -0.15) is 0 Å². The van der Waals surface area contributed by atoms with Gasteiger partial charge in [0.2, 0.25) is 0 Å². The molecule has 31 heavy (non-hydrogen) atoms. The van der Waals surface area contributed by atoms with Gasteiger partial charge in [0.25, 0.3) is 0 Å². The fourth-order valence-corrected chi connectivity index (χ4v) is 4.94. The molecule has 2 atom stereocenters. The highest BCUT2D eigenvalue weighted by Crippen LogP contribution is 2.45. The van der Waals surface area contributed by atoms with Gasteiger partial charge in [-0.05, 0) is 53.6 Å². The van der Waals surface area contributed by atoms with E-state index < -0.39 is 0 Å². The Kier molecular flexibility index (Phi) is 5.29. The lowest BCUT2D eigenvalue weighted by atomic mass is 9.78. The maximum absolute atomic E-state index is 13.6. The van der Waals surface area contributed by atoms with Crippen molar-refractivity contribution in [1.29, 1.82) is 0 Å². The third-order valence-corrected chi connectivity index (χ3v) is 6.73. The minimum Gasteiger partial charge on any atom is -0.372 e. The Morgan fingerprint density at radius 3 is 2.35 bits per heavy atom. The predicted molar refractivity (Wildman–Crippen MR) is 128 cm³/mol. The molecule has 3 aromatic carbocycles. The van der Waals surface area contributed by atoms with Gasteiger partial charge in [-0.15, -0.1) is 0 Å². The minimum absolute atomic E-state index is 0.168. The summed E-state index contributed by atoms with van der Waals surface area (Å²) in [4.78, 5) is 13.6. The number of fused-ring (bicyclic) bond motifs is 1. The second kappa shape index (κ2) is 8.24. The Hall–Kier alpha value is -3.04. The summed E-state index contributed by atoms with van der Waals surface area (Å²) in [6.45, 7) is 2.16. The first-order valence-corrected chi connectivity index (χ1v) is 11.2.